The predicted octanol–water partition coefficient (Wildman–Crippen LogP) is 4.47. The molecule has 0 atom stereocenters. The highest BCUT2D eigenvalue weighted by molar-refractivity contribution is 8.00. The molecule has 0 radical (unpaired) electrons. The number of rotatable bonds is 7. The van der Waals surface area contributed by atoms with E-state index in [1.807, 2.05) is 24.3 Å². The number of carbonyl (C=O) groups excluding carboxylic acids is 3. The molecule has 3 rings (SSSR count). The van der Waals surface area contributed by atoms with Gasteiger partial charge in [-0.3, -0.25) is 14.5 Å². The van der Waals surface area contributed by atoms with Crippen molar-refractivity contribution in [1.82, 2.24) is 9.80 Å². The van der Waals surface area contributed by atoms with Gasteiger partial charge in [-0.2, -0.15) is 0 Å². The molecule has 152 valence electrons. The number of hydrogen-bond acceptors (Lipinski definition) is 5. The summed E-state index contributed by atoms with van der Waals surface area (Å²) in [5.41, 5.74) is -0.926. The second-order valence-corrected chi connectivity index (χ2v) is 8.63. The van der Waals surface area contributed by atoms with E-state index in [0.717, 1.165) is 9.80 Å². The van der Waals surface area contributed by atoms with Gasteiger partial charge in [0.05, 0.1) is 12.3 Å². The van der Waals surface area contributed by atoms with Crippen molar-refractivity contribution in [3.8, 4) is 11.5 Å². The molecule has 8 heteroatoms. The SMILES string of the molecule is CN1C(=O)N(CC(=O)CSc2ccc(Oc3ccc(Cl)cc3)cc2)C(=O)C1(C)C. The lowest BCUT2D eigenvalue weighted by Gasteiger charge is -2.22. The van der Waals surface area contributed by atoms with Crippen molar-refractivity contribution in [1.29, 1.82) is 0 Å². The van der Waals surface area contributed by atoms with Gasteiger partial charge in [0.1, 0.15) is 17.0 Å². The summed E-state index contributed by atoms with van der Waals surface area (Å²) >= 11 is 7.20. The number of amides is 3. The second-order valence-electron chi connectivity index (χ2n) is 7.15. The molecule has 0 aromatic heterocycles. The number of carbonyl (C=O) groups is 3. The van der Waals surface area contributed by atoms with Crippen LogP contribution in [0.2, 0.25) is 5.02 Å². The summed E-state index contributed by atoms with van der Waals surface area (Å²) in [6.07, 6.45) is 0. The second kappa shape index (κ2) is 8.47. The first-order valence-electron chi connectivity index (χ1n) is 8.96. The maximum Gasteiger partial charge on any atom is 0.327 e. The number of ether oxygens (including phenoxy) is 1. The van der Waals surface area contributed by atoms with Gasteiger partial charge >= 0.3 is 6.03 Å². The van der Waals surface area contributed by atoms with E-state index in [1.54, 1.807) is 45.2 Å². The van der Waals surface area contributed by atoms with Gasteiger partial charge in [-0.1, -0.05) is 11.6 Å². The van der Waals surface area contributed by atoms with Gasteiger partial charge in [0.2, 0.25) is 0 Å². The molecule has 29 heavy (non-hydrogen) atoms. The summed E-state index contributed by atoms with van der Waals surface area (Å²) in [5.74, 6) is 0.967. The van der Waals surface area contributed by atoms with Crippen molar-refractivity contribution in [3.05, 3.63) is 53.6 Å². The number of urea groups is 1. The minimum absolute atomic E-state index is 0.165. The zero-order valence-electron chi connectivity index (χ0n) is 16.3. The first-order valence-corrected chi connectivity index (χ1v) is 10.3. The fraction of sp³-hybridized carbons (Fsp3) is 0.286. The summed E-state index contributed by atoms with van der Waals surface area (Å²) in [4.78, 5) is 40.1. The molecule has 1 aliphatic heterocycles. The standard InChI is InChI=1S/C21H21ClN2O4S/c1-21(2)19(26)24(20(27)23(21)3)12-15(25)13-29-18-10-8-17(9-11-18)28-16-6-4-14(22)5-7-16/h4-11H,12-13H2,1-3H3. The van der Waals surface area contributed by atoms with Crippen LogP contribution in [0.3, 0.4) is 0 Å². The lowest BCUT2D eigenvalue weighted by atomic mass is 10.1. The van der Waals surface area contributed by atoms with Crippen LogP contribution in [0.4, 0.5) is 4.79 Å². The van der Waals surface area contributed by atoms with Gasteiger partial charge in [-0.05, 0) is 62.4 Å². The van der Waals surface area contributed by atoms with E-state index in [9.17, 15) is 14.4 Å². The van der Waals surface area contributed by atoms with Gasteiger partial charge in [0, 0.05) is 17.0 Å². The molecule has 0 spiro atoms. The van der Waals surface area contributed by atoms with E-state index < -0.39 is 11.6 Å². The monoisotopic (exact) mass is 432 g/mol. The Morgan fingerprint density at radius 3 is 2.10 bits per heavy atom. The van der Waals surface area contributed by atoms with Crippen LogP contribution in [-0.2, 0) is 9.59 Å². The Morgan fingerprint density at radius 1 is 1.03 bits per heavy atom. The quantitative estimate of drug-likeness (QED) is 0.477. The molecule has 1 aliphatic rings. The number of benzene rings is 2. The Bertz CT molecular complexity index is 929. The summed E-state index contributed by atoms with van der Waals surface area (Å²) in [6, 6.07) is 14.0. The highest BCUT2D eigenvalue weighted by atomic mass is 35.5. The van der Waals surface area contributed by atoms with E-state index in [4.69, 9.17) is 16.3 Å². The number of Topliss-reactive ketones (excluding diaryl/α,β-unsaturated/α-hetero) is 1. The minimum atomic E-state index is -0.926. The molecule has 3 amide bonds. The van der Waals surface area contributed by atoms with Gasteiger partial charge in [0.25, 0.3) is 5.91 Å². The van der Waals surface area contributed by atoms with Crippen LogP contribution < -0.4 is 4.74 Å². The number of likely N-dealkylation sites (N-methyl/N-ethyl adjacent to an activating group) is 1. The van der Waals surface area contributed by atoms with Crippen LogP contribution in [0.5, 0.6) is 11.5 Å². The van der Waals surface area contributed by atoms with Crippen molar-refractivity contribution in [2.45, 2.75) is 24.3 Å². The van der Waals surface area contributed by atoms with Crippen LogP contribution in [0.1, 0.15) is 13.8 Å². The summed E-state index contributed by atoms with van der Waals surface area (Å²) < 4.78 is 5.73. The van der Waals surface area contributed by atoms with Crippen LogP contribution in [0, 0.1) is 0 Å². The molecule has 0 unspecified atom stereocenters. The number of ketones is 1. The van der Waals surface area contributed by atoms with Gasteiger partial charge in [0.15, 0.2) is 5.78 Å². The Morgan fingerprint density at radius 2 is 1.59 bits per heavy atom. The van der Waals surface area contributed by atoms with Crippen molar-refractivity contribution in [2.75, 3.05) is 19.3 Å². The zero-order chi connectivity index (χ0) is 21.2. The molecular formula is C21H21ClN2O4S. The van der Waals surface area contributed by atoms with Crippen LogP contribution >= 0.6 is 23.4 Å². The van der Waals surface area contributed by atoms with E-state index in [-0.39, 0.29) is 24.0 Å². The summed E-state index contributed by atoms with van der Waals surface area (Å²) in [6.45, 7) is 3.12. The molecular weight excluding hydrogens is 412 g/mol. The summed E-state index contributed by atoms with van der Waals surface area (Å²) in [7, 11) is 1.56. The third kappa shape index (κ3) is 4.74. The number of thioether (sulfide) groups is 1. The van der Waals surface area contributed by atoms with Gasteiger partial charge in [-0.25, -0.2) is 4.79 Å². The fourth-order valence-corrected chi connectivity index (χ4v) is 3.62. The van der Waals surface area contributed by atoms with Crippen molar-refractivity contribution in [3.63, 3.8) is 0 Å². The Hall–Kier alpha value is -2.51. The van der Waals surface area contributed by atoms with Crippen molar-refractivity contribution >= 4 is 41.1 Å². The average molecular weight is 433 g/mol. The molecule has 0 bridgehead atoms. The number of nitrogens with zero attached hydrogens (tertiary/aromatic N) is 2. The molecule has 6 nitrogen and oxygen atoms in total. The lowest BCUT2D eigenvalue weighted by molar-refractivity contribution is -0.134. The largest absolute Gasteiger partial charge is 0.457 e. The van der Waals surface area contributed by atoms with Gasteiger partial charge in [-0.15, -0.1) is 11.8 Å². The lowest BCUT2D eigenvalue weighted by Crippen LogP contribution is -2.42. The van der Waals surface area contributed by atoms with E-state index >= 15 is 0 Å². The molecule has 0 N–H and O–H groups in total. The maximum absolute atomic E-state index is 12.3. The molecule has 2 aromatic rings. The summed E-state index contributed by atoms with van der Waals surface area (Å²) in [5, 5.41) is 0.640. The Kier molecular flexibility index (Phi) is 6.19. The van der Waals surface area contributed by atoms with Gasteiger partial charge < -0.3 is 9.64 Å². The van der Waals surface area contributed by atoms with Crippen LogP contribution in [0.15, 0.2) is 53.4 Å². The third-order valence-corrected chi connectivity index (χ3v) is 6.06. The van der Waals surface area contributed by atoms with Crippen molar-refractivity contribution in [2.24, 2.45) is 0 Å². The first-order chi connectivity index (χ1) is 13.7. The average Bonchev–Trinajstić information content (AvgIpc) is 2.84. The predicted molar refractivity (Wildman–Crippen MR) is 113 cm³/mol. The molecule has 0 saturated carbocycles. The maximum atomic E-state index is 12.3. The highest BCUT2D eigenvalue weighted by Crippen LogP contribution is 2.28. The number of halogens is 1. The Labute approximate surface area is 178 Å². The molecule has 2 aromatic carbocycles. The third-order valence-electron chi connectivity index (χ3n) is 4.73. The smallest absolute Gasteiger partial charge is 0.327 e. The molecule has 1 saturated heterocycles. The number of hydrogen-bond donors (Lipinski definition) is 0. The van der Waals surface area contributed by atoms with E-state index in [1.165, 1.54) is 16.7 Å². The molecule has 1 fully saturated rings. The fourth-order valence-electron chi connectivity index (χ4n) is 2.75. The topological polar surface area (TPSA) is 66.9 Å². The van der Waals surface area contributed by atoms with E-state index in [2.05, 4.69) is 0 Å². The normalized spacial score (nSPS) is 15.7. The highest BCUT2D eigenvalue weighted by Gasteiger charge is 2.49. The van der Waals surface area contributed by atoms with Crippen molar-refractivity contribution < 1.29 is 19.1 Å². The van der Waals surface area contributed by atoms with Crippen LogP contribution in [-0.4, -0.2) is 52.4 Å². The van der Waals surface area contributed by atoms with Crippen LogP contribution in [0.25, 0.3) is 0 Å². The number of imide groups is 1. The Balaban J connectivity index is 1.52. The molecule has 0 aliphatic carbocycles. The molecule has 1 heterocycles. The first kappa shape index (κ1) is 21.2. The van der Waals surface area contributed by atoms with E-state index in [0.29, 0.717) is 16.5 Å². The zero-order valence-corrected chi connectivity index (χ0v) is 17.9. The minimum Gasteiger partial charge on any atom is -0.457 e.